The van der Waals surface area contributed by atoms with Crippen LogP contribution in [0, 0.1) is 5.41 Å². The van der Waals surface area contributed by atoms with Crippen LogP contribution < -0.4 is 10.0 Å². The van der Waals surface area contributed by atoms with E-state index >= 15 is 0 Å². The minimum Gasteiger partial charge on any atom is -0.383 e. The molecule has 1 heterocycles. The summed E-state index contributed by atoms with van der Waals surface area (Å²) in [7, 11) is 1.49. The van der Waals surface area contributed by atoms with Crippen molar-refractivity contribution in [1.82, 2.24) is 14.7 Å². The summed E-state index contributed by atoms with van der Waals surface area (Å²) in [4.78, 5) is 9.45. The number of hydrogen-bond acceptors (Lipinski definition) is 5. The lowest BCUT2D eigenvalue weighted by Crippen LogP contribution is -2.21. The molecule has 29 heavy (non-hydrogen) atoms. The Morgan fingerprint density at radius 2 is 2.10 bits per heavy atom. The Kier molecular flexibility index (Phi) is 7.64. The predicted octanol–water partition coefficient (Wildman–Crippen LogP) is 4.96. The van der Waals surface area contributed by atoms with Gasteiger partial charge in [-0.3, -0.25) is 4.72 Å². The number of H-pyrrole nitrogens is 1. The average Bonchev–Trinajstić information content (AvgIpc) is 3.35. The molecule has 158 valence electrons. The van der Waals surface area contributed by atoms with E-state index in [4.69, 9.17) is 15.1 Å². The molecular weight excluding hydrogens is 382 g/mol. The van der Waals surface area contributed by atoms with Gasteiger partial charge in [-0.25, -0.2) is 4.98 Å². The van der Waals surface area contributed by atoms with Gasteiger partial charge >= 0.3 is 0 Å². The van der Waals surface area contributed by atoms with Crippen molar-refractivity contribution in [1.29, 1.82) is 5.41 Å². The van der Waals surface area contributed by atoms with Gasteiger partial charge in [0.25, 0.3) is 0 Å². The van der Waals surface area contributed by atoms with Crippen LogP contribution in [0.5, 0.6) is 0 Å². The van der Waals surface area contributed by atoms with Crippen LogP contribution in [0.2, 0.25) is 0 Å². The number of ether oxygens (including phenoxy) is 1. The molecule has 1 aliphatic rings. The number of aromatic amines is 1. The molecule has 1 aromatic carbocycles. The summed E-state index contributed by atoms with van der Waals surface area (Å²) in [6.07, 6.45) is 7.10. The van der Waals surface area contributed by atoms with Crippen molar-refractivity contribution in [2.75, 3.05) is 25.6 Å². The number of allylic oxidation sites excluding steroid dienone is 2. The van der Waals surface area contributed by atoms with Gasteiger partial charge in [0.1, 0.15) is 5.52 Å². The zero-order valence-electron chi connectivity index (χ0n) is 17.9. The van der Waals surface area contributed by atoms with Crippen LogP contribution in [0.25, 0.3) is 16.6 Å². The van der Waals surface area contributed by atoms with Crippen LogP contribution in [0.15, 0.2) is 23.1 Å². The van der Waals surface area contributed by atoms with Gasteiger partial charge in [0.2, 0.25) is 5.95 Å². The topological polar surface area (TPSA) is 85.8 Å². The molecule has 1 saturated carbocycles. The van der Waals surface area contributed by atoms with Gasteiger partial charge in [0.15, 0.2) is 0 Å². The summed E-state index contributed by atoms with van der Waals surface area (Å²) in [5.74, 6) is 0.754. The molecule has 0 aliphatic heterocycles. The van der Waals surface area contributed by atoms with Gasteiger partial charge in [-0.05, 0) is 62.2 Å². The van der Waals surface area contributed by atoms with E-state index in [1.165, 1.54) is 30.6 Å². The van der Waals surface area contributed by atoms with Crippen molar-refractivity contribution in [3.8, 4) is 0 Å². The lowest BCUT2D eigenvalue weighted by atomic mass is 10.0. The van der Waals surface area contributed by atoms with E-state index in [1.54, 1.807) is 7.11 Å². The van der Waals surface area contributed by atoms with Gasteiger partial charge in [0, 0.05) is 30.3 Å². The maximum absolute atomic E-state index is 8.18. The predicted molar refractivity (Wildman–Crippen MR) is 126 cm³/mol. The molecule has 0 spiro atoms. The van der Waals surface area contributed by atoms with Crippen molar-refractivity contribution < 1.29 is 4.74 Å². The molecule has 3 rings (SSSR count). The summed E-state index contributed by atoms with van der Waals surface area (Å²) in [5, 5.41) is 13.7. The summed E-state index contributed by atoms with van der Waals surface area (Å²) < 4.78 is 8.99. The number of nitrogens with zero attached hydrogens (tertiary/aromatic N) is 1. The maximum atomic E-state index is 8.18. The van der Waals surface area contributed by atoms with Gasteiger partial charge in [-0.1, -0.05) is 29.6 Å². The van der Waals surface area contributed by atoms with E-state index in [0.717, 1.165) is 28.1 Å². The first-order valence-corrected chi connectivity index (χ1v) is 11.6. The average molecular weight is 416 g/mol. The van der Waals surface area contributed by atoms with Crippen molar-refractivity contribution >= 4 is 44.3 Å². The maximum Gasteiger partial charge on any atom is 0.201 e. The zero-order chi connectivity index (χ0) is 20.8. The van der Waals surface area contributed by atoms with Crippen LogP contribution >= 0.6 is 10.7 Å². The van der Waals surface area contributed by atoms with Crippen LogP contribution in [-0.2, 0) is 4.74 Å². The Morgan fingerprint density at radius 1 is 1.34 bits per heavy atom. The van der Waals surface area contributed by atoms with Crippen LogP contribution in [0.1, 0.15) is 52.0 Å². The largest absolute Gasteiger partial charge is 0.383 e. The number of fused-ring (bicyclic) bond motifs is 1. The number of hydrogen-bond donors (Lipinski definition) is 4. The Hall–Kier alpha value is -1.96. The minimum absolute atomic E-state index is 0.203. The normalized spacial score (nSPS) is 16.6. The quantitative estimate of drug-likeness (QED) is 0.265. The van der Waals surface area contributed by atoms with E-state index in [9.17, 15) is 0 Å². The van der Waals surface area contributed by atoms with Crippen LogP contribution in [0.3, 0.4) is 0 Å². The van der Waals surface area contributed by atoms with Gasteiger partial charge in [-0.15, -0.1) is 0 Å². The lowest BCUT2D eigenvalue weighted by molar-refractivity contribution is 0.210. The summed E-state index contributed by atoms with van der Waals surface area (Å²) in [6, 6.07) is 4.88. The van der Waals surface area contributed by atoms with Crippen molar-refractivity contribution in [3.05, 3.63) is 23.8 Å². The van der Waals surface area contributed by atoms with E-state index in [-0.39, 0.29) is 10.7 Å². The molecule has 0 saturated heterocycles. The number of anilines is 1. The molecule has 1 aliphatic carbocycles. The molecule has 4 N–H and O–H groups in total. The Balaban J connectivity index is 2.06. The Labute approximate surface area is 176 Å². The molecule has 7 heteroatoms. The number of imidazole rings is 1. The molecule has 0 bridgehead atoms. The third-order valence-corrected chi connectivity index (χ3v) is 7.12. The fourth-order valence-electron chi connectivity index (χ4n) is 3.85. The minimum atomic E-state index is -0.203. The second-order valence-electron chi connectivity index (χ2n) is 7.38. The highest BCUT2D eigenvalue weighted by Gasteiger charge is 2.19. The first kappa shape index (κ1) is 21.7. The highest BCUT2D eigenvalue weighted by Crippen LogP contribution is 2.36. The SMILES string of the molecule is CC=C(C(C)=N)c1cc(/S(=C/C)NC2CCCC2)c2nc(NCCOC)[nH]c2c1. The summed E-state index contributed by atoms with van der Waals surface area (Å²) >= 11 is 0. The zero-order valence-corrected chi connectivity index (χ0v) is 18.7. The van der Waals surface area contributed by atoms with Crippen molar-refractivity contribution in [2.45, 2.75) is 57.4 Å². The molecule has 1 fully saturated rings. The molecule has 2 aromatic rings. The summed E-state index contributed by atoms with van der Waals surface area (Å²) in [6.45, 7) is 7.27. The first-order valence-electron chi connectivity index (χ1n) is 10.3. The van der Waals surface area contributed by atoms with E-state index in [1.807, 2.05) is 19.9 Å². The standard InChI is InChI=1S/C22H33N5OS/c1-5-18(15(3)23)16-13-19-21(26-22(25-19)24-11-12-28-4)20(14-16)29(6-2)27-17-9-7-8-10-17/h5-6,13-14,17,23,27H,7-12H2,1-4H3,(H2,24,25,26). The number of aromatic nitrogens is 2. The van der Waals surface area contributed by atoms with Gasteiger partial charge in [0.05, 0.1) is 12.1 Å². The van der Waals surface area contributed by atoms with Gasteiger partial charge < -0.3 is 20.4 Å². The Bertz CT molecular complexity index is 925. The Morgan fingerprint density at radius 3 is 2.72 bits per heavy atom. The second kappa shape index (κ2) is 10.2. The number of nitrogens with one attached hydrogen (secondary N) is 4. The van der Waals surface area contributed by atoms with Crippen molar-refractivity contribution in [3.63, 3.8) is 0 Å². The van der Waals surface area contributed by atoms with Crippen LogP contribution in [-0.4, -0.2) is 47.4 Å². The molecule has 1 unspecified atom stereocenters. The lowest BCUT2D eigenvalue weighted by Gasteiger charge is -2.18. The van der Waals surface area contributed by atoms with Crippen LogP contribution in [0.4, 0.5) is 5.95 Å². The number of rotatable bonds is 9. The molecule has 0 amide bonds. The second-order valence-corrected chi connectivity index (χ2v) is 9.20. The smallest absolute Gasteiger partial charge is 0.201 e. The third-order valence-electron chi connectivity index (χ3n) is 5.28. The highest BCUT2D eigenvalue weighted by atomic mass is 32.2. The highest BCUT2D eigenvalue weighted by molar-refractivity contribution is 8.13. The first-order chi connectivity index (χ1) is 14.1. The molecular formula is C22H33N5OS. The fraction of sp³-hybridized carbons (Fsp3) is 0.500. The van der Waals surface area contributed by atoms with E-state index in [2.05, 4.69) is 39.4 Å². The fourth-order valence-corrected chi connectivity index (χ4v) is 5.58. The number of benzene rings is 1. The molecule has 1 atom stereocenters. The molecule has 6 nitrogen and oxygen atoms in total. The summed E-state index contributed by atoms with van der Waals surface area (Å²) in [5.41, 5.74) is 4.56. The van der Waals surface area contributed by atoms with E-state index < -0.39 is 0 Å². The van der Waals surface area contributed by atoms with Gasteiger partial charge in [-0.2, -0.15) is 0 Å². The monoisotopic (exact) mass is 415 g/mol. The third kappa shape index (κ3) is 5.15. The van der Waals surface area contributed by atoms with Crippen molar-refractivity contribution in [2.24, 2.45) is 0 Å². The molecule has 1 aromatic heterocycles. The van der Waals surface area contributed by atoms with E-state index in [0.29, 0.717) is 24.9 Å². The number of methoxy groups -OCH3 is 1. The molecule has 0 radical (unpaired) electrons.